The van der Waals surface area contributed by atoms with Crippen molar-refractivity contribution in [2.75, 3.05) is 12.4 Å². The fraction of sp³-hybridized carbons (Fsp3) is 0.200. The van der Waals surface area contributed by atoms with Gasteiger partial charge in [0.15, 0.2) is 0 Å². The van der Waals surface area contributed by atoms with E-state index in [9.17, 15) is 10.1 Å². The minimum Gasteiger partial charge on any atom is -0.496 e. The number of hydrogen-bond acceptors (Lipinski definition) is 4. The van der Waals surface area contributed by atoms with Gasteiger partial charge in [0.05, 0.1) is 17.8 Å². The van der Waals surface area contributed by atoms with Gasteiger partial charge >= 0.3 is 0 Å². The molecule has 1 aliphatic heterocycles. The molecule has 1 amide bonds. The van der Waals surface area contributed by atoms with E-state index < -0.39 is 5.91 Å². The zero-order valence-corrected chi connectivity index (χ0v) is 15.1. The number of methoxy groups -OCH3 is 1. The Balaban J connectivity index is 1.92. The largest absolute Gasteiger partial charge is 0.496 e. The van der Waals surface area contributed by atoms with Crippen molar-refractivity contribution in [3.05, 3.63) is 58.1 Å². The normalized spacial score (nSPS) is 15.6. The van der Waals surface area contributed by atoms with Gasteiger partial charge in [0.25, 0.3) is 5.91 Å². The van der Waals surface area contributed by atoms with Crippen molar-refractivity contribution in [3.8, 4) is 17.6 Å². The molecule has 1 N–H and O–H groups in total. The molecule has 26 heavy (non-hydrogen) atoms. The number of amides is 1. The number of ether oxygens (including phenoxy) is 2. The van der Waals surface area contributed by atoms with Gasteiger partial charge in [-0.2, -0.15) is 5.26 Å². The maximum absolute atomic E-state index is 12.5. The summed E-state index contributed by atoms with van der Waals surface area (Å²) in [5, 5.41) is 12.5. The van der Waals surface area contributed by atoms with Crippen LogP contribution in [0.2, 0.25) is 5.02 Å². The van der Waals surface area contributed by atoms with Crippen LogP contribution < -0.4 is 14.8 Å². The second kappa shape index (κ2) is 7.51. The third kappa shape index (κ3) is 3.66. The zero-order valence-electron chi connectivity index (χ0n) is 14.4. The highest BCUT2D eigenvalue weighted by molar-refractivity contribution is 6.34. The predicted octanol–water partition coefficient (Wildman–Crippen LogP) is 4.22. The average molecular weight is 369 g/mol. The summed E-state index contributed by atoms with van der Waals surface area (Å²) in [6, 6.07) is 12.4. The summed E-state index contributed by atoms with van der Waals surface area (Å²) in [6.07, 6.45) is 2.37. The van der Waals surface area contributed by atoms with E-state index in [1.54, 1.807) is 37.4 Å². The summed E-state index contributed by atoms with van der Waals surface area (Å²) in [4.78, 5) is 12.5. The van der Waals surface area contributed by atoms with E-state index in [1.807, 2.05) is 19.1 Å². The summed E-state index contributed by atoms with van der Waals surface area (Å²) >= 11 is 6.05. The molecule has 5 nitrogen and oxygen atoms in total. The molecule has 3 rings (SSSR count). The second-order valence-electron chi connectivity index (χ2n) is 5.94. The third-order valence-electron chi connectivity index (χ3n) is 4.04. The van der Waals surface area contributed by atoms with Gasteiger partial charge in [-0.3, -0.25) is 4.79 Å². The highest BCUT2D eigenvalue weighted by Crippen LogP contribution is 2.36. The number of nitrogens with one attached hydrogen (secondary N) is 1. The number of nitrogens with zero attached hydrogens (tertiary/aromatic N) is 1. The minimum atomic E-state index is -0.544. The van der Waals surface area contributed by atoms with Gasteiger partial charge < -0.3 is 14.8 Å². The SMILES string of the molecule is COc1cc2c(cc1/C=C(\C#N)C(=O)Nc1ccccc1Cl)OC(C)C2. The molecule has 132 valence electrons. The molecule has 1 aliphatic rings. The summed E-state index contributed by atoms with van der Waals surface area (Å²) in [7, 11) is 1.55. The lowest BCUT2D eigenvalue weighted by Gasteiger charge is -2.09. The van der Waals surface area contributed by atoms with Crippen LogP contribution in [0.1, 0.15) is 18.1 Å². The summed E-state index contributed by atoms with van der Waals surface area (Å²) in [5.41, 5.74) is 2.03. The summed E-state index contributed by atoms with van der Waals surface area (Å²) in [6.45, 7) is 1.99. The Labute approximate surface area is 156 Å². The molecule has 0 aliphatic carbocycles. The Morgan fingerprint density at radius 2 is 2.19 bits per heavy atom. The lowest BCUT2D eigenvalue weighted by atomic mass is 10.0. The van der Waals surface area contributed by atoms with Gasteiger partial charge in [0.2, 0.25) is 0 Å². The van der Waals surface area contributed by atoms with Crippen LogP contribution in [0.15, 0.2) is 42.0 Å². The van der Waals surface area contributed by atoms with Crippen molar-refractivity contribution in [1.82, 2.24) is 0 Å². The van der Waals surface area contributed by atoms with E-state index in [-0.39, 0.29) is 11.7 Å². The Kier molecular flexibility index (Phi) is 5.15. The number of nitriles is 1. The van der Waals surface area contributed by atoms with E-state index in [0.29, 0.717) is 22.0 Å². The van der Waals surface area contributed by atoms with Gasteiger partial charge in [-0.05, 0) is 37.3 Å². The molecule has 1 heterocycles. The van der Waals surface area contributed by atoms with E-state index in [1.165, 1.54) is 6.08 Å². The van der Waals surface area contributed by atoms with Crippen LogP contribution in [-0.2, 0) is 11.2 Å². The topological polar surface area (TPSA) is 71.3 Å². The van der Waals surface area contributed by atoms with Crippen LogP contribution in [0.3, 0.4) is 0 Å². The molecular weight excluding hydrogens is 352 g/mol. The lowest BCUT2D eigenvalue weighted by Crippen LogP contribution is -2.13. The number of hydrogen-bond donors (Lipinski definition) is 1. The van der Waals surface area contributed by atoms with Gasteiger partial charge in [-0.15, -0.1) is 0 Å². The molecule has 0 bridgehead atoms. The van der Waals surface area contributed by atoms with Crippen LogP contribution in [0.5, 0.6) is 11.5 Å². The maximum atomic E-state index is 12.5. The Bertz CT molecular complexity index is 931. The number of anilines is 1. The Morgan fingerprint density at radius 3 is 2.88 bits per heavy atom. The molecular formula is C20H17ClN2O3. The molecule has 0 spiro atoms. The van der Waals surface area contributed by atoms with Gasteiger partial charge in [-0.1, -0.05) is 23.7 Å². The number of fused-ring (bicyclic) bond motifs is 1. The molecule has 0 fully saturated rings. The smallest absolute Gasteiger partial charge is 0.266 e. The average Bonchev–Trinajstić information content (AvgIpc) is 2.99. The van der Waals surface area contributed by atoms with Crippen molar-refractivity contribution < 1.29 is 14.3 Å². The van der Waals surface area contributed by atoms with Gasteiger partial charge in [0.1, 0.15) is 29.2 Å². The van der Waals surface area contributed by atoms with Gasteiger partial charge in [-0.25, -0.2) is 0 Å². The lowest BCUT2D eigenvalue weighted by molar-refractivity contribution is -0.112. The van der Waals surface area contributed by atoms with Crippen molar-refractivity contribution in [3.63, 3.8) is 0 Å². The summed E-state index contributed by atoms with van der Waals surface area (Å²) < 4.78 is 11.2. The number of carbonyl (C=O) groups is 1. The van der Waals surface area contributed by atoms with Gasteiger partial charge in [0, 0.05) is 17.5 Å². The number of rotatable bonds is 4. The van der Waals surface area contributed by atoms with Crippen LogP contribution in [-0.4, -0.2) is 19.1 Å². The third-order valence-corrected chi connectivity index (χ3v) is 4.36. The molecule has 2 aromatic carbocycles. The van der Waals surface area contributed by atoms with Crippen LogP contribution in [0.4, 0.5) is 5.69 Å². The quantitative estimate of drug-likeness (QED) is 0.648. The first-order chi connectivity index (χ1) is 12.5. The minimum absolute atomic E-state index is 0.0609. The molecule has 2 aromatic rings. The van der Waals surface area contributed by atoms with E-state index in [4.69, 9.17) is 21.1 Å². The maximum Gasteiger partial charge on any atom is 0.266 e. The van der Waals surface area contributed by atoms with Crippen molar-refractivity contribution in [2.45, 2.75) is 19.4 Å². The fourth-order valence-corrected chi connectivity index (χ4v) is 2.98. The molecule has 0 radical (unpaired) electrons. The Hall–Kier alpha value is -2.97. The summed E-state index contributed by atoms with van der Waals surface area (Å²) in [5.74, 6) is 0.783. The molecule has 0 saturated heterocycles. The van der Waals surface area contributed by atoms with Crippen molar-refractivity contribution >= 4 is 29.3 Å². The zero-order chi connectivity index (χ0) is 18.7. The standard InChI is InChI=1S/C20H17ClN2O3/c1-12-7-13-9-18(25-2)14(10-19(13)26-12)8-15(11-22)20(24)23-17-6-4-3-5-16(17)21/h3-6,8-10,12H,7H2,1-2H3,(H,23,24)/b15-8+. The fourth-order valence-electron chi connectivity index (χ4n) is 2.80. The molecule has 0 aromatic heterocycles. The number of para-hydroxylation sites is 1. The molecule has 0 saturated carbocycles. The van der Waals surface area contributed by atoms with Crippen LogP contribution in [0.25, 0.3) is 6.08 Å². The van der Waals surface area contributed by atoms with E-state index >= 15 is 0 Å². The van der Waals surface area contributed by atoms with Crippen LogP contribution in [0, 0.1) is 11.3 Å². The van der Waals surface area contributed by atoms with E-state index in [2.05, 4.69) is 5.32 Å². The predicted molar refractivity (Wildman–Crippen MR) is 100 cm³/mol. The number of carbonyl (C=O) groups excluding carboxylic acids is 1. The monoisotopic (exact) mass is 368 g/mol. The highest BCUT2D eigenvalue weighted by Gasteiger charge is 2.22. The van der Waals surface area contributed by atoms with Crippen molar-refractivity contribution in [2.24, 2.45) is 0 Å². The Morgan fingerprint density at radius 1 is 1.42 bits per heavy atom. The molecule has 1 unspecified atom stereocenters. The number of benzene rings is 2. The first-order valence-corrected chi connectivity index (χ1v) is 8.45. The molecule has 1 atom stereocenters. The highest BCUT2D eigenvalue weighted by atomic mass is 35.5. The van der Waals surface area contributed by atoms with Crippen LogP contribution >= 0.6 is 11.6 Å². The first kappa shape index (κ1) is 17.8. The number of halogens is 1. The molecule has 6 heteroatoms. The first-order valence-electron chi connectivity index (χ1n) is 8.07. The van der Waals surface area contributed by atoms with E-state index in [0.717, 1.165) is 17.7 Å². The van der Waals surface area contributed by atoms with Crippen molar-refractivity contribution in [1.29, 1.82) is 5.26 Å². The second-order valence-corrected chi connectivity index (χ2v) is 6.35.